The predicted octanol–water partition coefficient (Wildman–Crippen LogP) is 4.32. The molecule has 0 amide bonds. The van der Waals surface area contributed by atoms with Gasteiger partial charge in [0.05, 0.1) is 0 Å². The van der Waals surface area contributed by atoms with Crippen LogP contribution in [0.3, 0.4) is 0 Å². The molecule has 0 fully saturated rings. The molecule has 0 saturated carbocycles. The first-order valence-electron chi connectivity index (χ1n) is 6.54. The third-order valence-corrected chi connectivity index (χ3v) is 4.64. The molecule has 0 unspecified atom stereocenters. The maximum absolute atomic E-state index is 12.6. The van der Waals surface area contributed by atoms with Crippen molar-refractivity contribution in [2.75, 3.05) is 13.2 Å². The molecule has 0 atom stereocenters. The van der Waals surface area contributed by atoms with Crippen molar-refractivity contribution >= 4 is 27.7 Å². The lowest BCUT2D eigenvalue weighted by atomic mass is 10.2. The summed E-state index contributed by atoms with van der Waals surface area (Å²) in [6.07, 6.45) is -3.37. The number of ether oxygens (including phenoxy) is 2. The van der Waals surface area contributed by atoms with Crippen LogP contribution in [0.2, 0.25) is 0 Å². The zero-order valence-corrected chi connectivity index (χ0v) is 14.0. The number of fused-ring (bicyclic) bond motifs is 1. The highest BCUT2D eigenvalue weighted by atomic mass is 79.9. The van der Waals surface area contributed by atoms with E-state index in [-0.39, 0.29) is 5.16 Å². The Kier molecular flexibility index (Phi) is 4.67. The Morgan fingerprint density at radius 1 is 1.17 bits per heavy atom. The topological polar surface area (TPSA) is 44.2 Å². The Labute approximate surface area is 142 Å². The van der Waals surface area contributed by atoms with Crippen LogP contribution in [0.5, 0.6) is 11.5 Å². The van der Waals surface area contributed by atoms with Crippen molar-refractivity contribution in [1.82, 2.24) is 9.97 Å². The second kappa shape index (κ2) is 6.56. The first-order chi connectivity index (χ1) is 10.9. The van der Waals surface area contributed by atoms with E-state index in [2.05, 4.69) is 25.9 Å². The Balaban J connectivity index is 1.76. The van der Waals surface area contributed by atoms with Crippen molar-refractivity contribution in [3.63, 3.8) is 0 Å². The third kappa shape index (κ3) is 3.89. The Hall–Kier alpha value is -1.48. The number of hydrogen-bond donors (Lipinski definition) is 0. The number of alkyl halides is 3. The summed E-state index contributed by atoms with van der Waals surface area (Å²) in [5.74, 6) is 1.67. The summed E-state index contributed by atoms with van der Waals surface area (Å²) in [6.45, 7) is 0.962. The first-order valence-corrected chi connectivity index (χ1v) is 8.32. The zero-order chi connectivity index (χ0) is 16.4. The van der Waals surface area contributed by atoms with Crippen molar-refractivity contribution in [3.05, 3.63) is 40.1 Å². The van der Waals surface area contributed by atoms with Crippen molar-refractivity contribution in [1.29, 1.82) is 0 Å². The fourth-order valence-electron chi connectivity index (χ4n) is 1.93. The van der Waals surface area contributed by atoms with Crippen LogP contribution in [0.1, 0.15) is 11.3 Å². The molecule has 1 aliphatic rings. The summed E-state index contributed by atoms with van der Waals surface area (Å²) in [7, 11) is 0. The van der Waals surface area contributed by atoms with Gasteiger partial charge < -0.3 is 9.47 Å². The second-order valence-electron chi connectivity index (χ2n) is 4.60. The van der Waals surface area contributed by atoms with E-state index in [1.54, 1.807) is 12.1 Å². The molecule has 0 spiro atoms. The van der Waals surface area contributed by atoms with Gasteiger partial charge in [0.2, 0.25) is 0 Å². The molecule has 122 valence electrons. The van der Waals surface area contributed by atoms with E-state index in [0.717, 1.165) is 34.1 Å². The molecule has 0 radical (unpaired) electrons. The first kappa shape index (κ1) is 16.4. The molecule has 0 saturated heterocycles. The predicted molar refractivity (Wildman–Crippen MR) is 81.7 cm³/mol. The quantitative estimate of drug-likeness (QED) is 0.560. The molecule has 4 nitrogen and oxygen atoms in total. The number of thioether (sulfide) groups is 1. The minimum absolute atomic E-state index is 0.0709. The van der Waals surface area contributed by atoms with E-state index in [4.69, 9.17) is 9.47 Å². The number of benzene rings is 1. The Bertz CT molecular complexity index is 728. The average Bonchev–Trinajstić information content (AvgIpc) is 2.52. The van der Waals surface area contributed by atoms with Gasteiger partial charge in [-0.2, -0.15) is 13.2 Å². The Morgan fingerprint density at radius 3 is 2.57 bits per heavy atom. The molecule has 0 N–H and O–H groups in total. The summed E-state index contributed by atoms with van der Waals surface area (Å²) < 4.78 is 49.7. The second-order valence-corrected chi connectivity index (χ2v) is 6.40. The van der Waals surface area contributed by atoms with Gasteiger partial charge in [0.25, 0.3) is 0 Å². The maximum atomic E-state index is 12.6. The normalized spacial score (nSPS) is 13.9. The third-order valence-electron chi connectivity index (χ3n) is 2.99. The summed E-state index contributed by atoms with van der Waals surface area (Å²) in [6, 6.07) is 4.45. The van der Waals surface area contributed by atoms with Gasteiger partial charge in [-0.25, -0.2) is 9.97 Å². The molecule has 1 aromatic heterocycles. The van der Waals surface area contributed by atoms with Gasteiger partial charge >= 0.3 is 6.18 Å². The molecule has 3 rings (SSSR count). The van der Waals surface area contributed by atoms with Crippen LogP contribution in [0.4, 0.5) is 13.2 Å². The monoisotopic (exact) mass is 406 g/mol. The zero-order valence-electron chi connectivity index (χ0n) is 11.6. The van der Waals surface area contributed by atoms with Crippen molar-refractivity contribution in [3.8, 4) is 11.5 Å². The van der Waals surface area contributed by atoms with Crippen LogP contribution < -0.4 is 9.47 Å². The SMILES string of the molecule is FC(F)(F)c1ccnc(SCc2cc3c(cc2Br)OCCO3)n1. The van der Waals surface area contributed by atoms with Gasteiger partial charge in [-0.15, -0.1) is 0 Å². The van der Waals surface area contributed by atoms with Gasteiger partial charge in [-0.1, -0.05) is 27.7 Å². The fourth-order valence-corrected chi connectivity index (χ4v) is 3.40. The van der Waals surface area contributed by atoms with E-state index in [9.17, 15) is 13.2 Å². The van der Waals surface area contributed by atoms with Gasteiger partial charge in [-0.05, 0) is 23.8 Å². The highest BCUT2D eigenvalue weighted by Crippen LogP contribution is 2.37. The fraction of sp³-hybridized carbons (Fsp3) is 0.286. The highest BCUT2D eigenvalue weighted by Gasteiger charge is 2.32. The van der Waals surface area contributed by atoms with E-state index in [1.807, 2.05) is 0 Å². The van der Waals surface area contributed by atoms with Crippen molar-refractivity contribution in [2.24, 2.45) is 0 Å². The van der Waals surface area contributed by atoms with E-state index in [1.165, 1.54) is 0 Å². The van der Waals surface area contributed by atoms with Crippen LogP contribution in [-0.4, -0.2) is 23.2 Å². The standard InChI is InChI=1S/C14H10BrF3N2O2S/c15-9-6-11-10(21-3-4-22-11)5-8(9)7-23-13-19-2-1-12(20-13)14(16,17)18/h1-2,5-6H,3-4,7H2. The molecule has 2 aromatic rings. The average molecular weight is 407 g/mol. The van der Waals surface area contributed by atoms with Crippen molar-refractivity contribution in [2.45, 2.75) is 17.1 Å². The summed E-state index contributed by atoms with van der Waals surface area (Å²) >= 11 is 4.55. The van der Waals surface area contributed by atoms with E-state index < -0.39 is 11.9 Å². The maximum Gasteiger partial charge on any atom is 0.433 e. The van der Waals surface area contributed by atoms with Crippen LogP contribution in [-0.2, 0) is 11.9 Å². The van der Waals surface area contributed by atoms with Gasteiger partial charge in [-0.3, -0.25) is 0 Å². The van der Waals surface area contributed by atoms with Gasteiger partial charge in [0.1, 0.15) is 18.9 Å². The van der Waals surface area contributed by atoms with Crippen LogP contribution in [0.25, 0.3) is 0 Å². The molecule has 0 bridgehead atoms. The molecular formula is C14H10BrF3N2O2S. The van der Waals surface area contributed by atoms with Crippen molar-refractivity contribution < 1.29 is 22.6 Å². The number of aromatic nitrogens is 2. The lowest BCUT2D eigenvalue weighted by Gasteiger charge is -2.19. The number of rotatable bonds is 3. The van der Waals surface area contributed by atoms with Crippen LogP contribution >= 0.6 is 27.7 Å². The molecule has 2 heterocycles. The van der Waals surface area contributed by atoms with Crippen LogP contribution in [0, 0.1) is 0 Å². The van der Waals surface area contributed by atoms with E-state index >= 15 is 0 Å². The smallest absolute Gasteiger partial charge is 0.433 e. The lowest BCUT2D eigenvalue weighted by Crippen LogP contribution is -2.15. The molecule has 9 heteroatoms. The molecule has 0 aliphatic carbocycles. The molecule has 23 heavy (non-hydrogen) atoms. The highest BCUT2D eigenvalue weighted by molar-refractivity contribution is 9.10. The molecular weight excluding hydrogens is 397 g/mol. The minimum atomic E-state index is -4.48. The molecule has 1 aromatic carbocycles. The van der Waals surface area contributed by atoms with Crippen LogP contribution in [0.15, 0.2) is 34.0 Å². The summed E-state index contributed by atoms with van der Waals surface area (Å²) in [4.78, 5) is 7.40. The lowest BCUT2D eigenvalue weighted by molar-refractivity contribution is -0.141. The van der Waals surface area contributed by atoms with E-state index in [0.29, 0.717) is 30.5 Å². The number of hydrogen-bond acceptors (Lipinski definition) is 5. The Morgan fingerprint density at radius 2 is 1.87 bits per heavy atom. The van der Waals surface area contributed by atoms with Gasteiger partial charge in [0, 0.05) is 16.4 Å². The number of nitrogens with zero attached hydrogens (tertiary/aromatic N) is 2. The van der Waals surface area contributed by atoms with Gasteiger partial charge in [0.15, 0.2) is 16.7 Å². The molecule has 1 aliphatic heterocycles. The largest absolute Gasteiger partial charge is 0.486 e. The number of halogens is 4. The minimum Gasteiger partial charge on any atom is -0.486 e. The summed E-state index contributed by atoms with van der Waals surface area (Å²) in [5, 5.41) is 0.0709. The summed E-state index contributed by atoms with van der Waals surface area (Å²) in [5.41, 5.74) is -0.0866.